The van der Waals surface area contributed by atoms with Gasteiger partial charge in [-0.05, 0) is 25.0 Å². The van der Waals surface area contributed by atoms with Crippen molar-refractivity contribution in [2.24, 2.45) is 5.92 Å². The van der Waals surface area contributed by atoms with Crippen molar-refractivity contribution < 1.29 is 19.2 Å². The maximum absolute atomic E-state index is 12.2. The third-order valence-corrected chi connectivity index (χ3v) is 5.90. The molecule has 1 aromatic rings. The molecule has 1 saturated heterocycles. The van der Waals surface area contributed by atoms with Crippen LogP contribution >= 0.6 is 0 Å². The molecule has 0 spiro atoms. The van der Waals surface area contributed by atoms with Crippen LogP contribution < -0.4 is 4.90 Å². The number of hydrogen-bond acceptors (Lipinski definition) is 4. The summed E-state index contributed by atoms with van der Waals surface area (Å²) >= 11 is 0. The monoisotopic (exact) mass is 392 g/mol. The van der Waals surface area contributed by atoms with Crippen LogP contribution in [-0.2, 0) is 14.4 Å². The van der Waals surface area contributed by atoms with Gasteiger partial charge in [0.15, 0.2) is 0 Å². The SMILES string of the molecule is O=C1C(=O)N(CCCCCCCN2C(=O)C(=O)C3C=CC=CC32)c2ccccc21. The summed E-state index contributed by atoms with van der Waals surface area (Å²) in [4.78, 5) is 51.7. The van der Waals surface area contributed by atoms with Crippen molar-refractivity contribution in [3.05, 3.63) is 54.1 Å². The Labute approximate surface area is 169 Å². The van der Waals surface area contributed by atoms with Crippen molar-refractivity contribution in [3.63, 3.8) is 0 Å². The number of benzene rings is 1. The summed E-state index contributed by atoms with van der Waals surface area (Å²) < 4.78 is 0. The highest BCUT2D eigenvalue weighted by molar-refractivity contribution is 6.52. The molecule has 6 nitrogen and oxygen atoms in total. The Kier molecular flexibility index (Phi) is 5.43. The summed E-state index contributed by atoms with van der Waals surface area (Å²) in [5, 5.41) is 0. The predicted octanol–water partition coefficient (Wildman–Crippen LogP) is 2.69. The van der Waals surface area contributed by atoms with Crippen LogP contribution in [0, 0.1) is 5.92 Å². The van der Waals surface area contributed by atoms with Gasteiger partial charge in [-0.25, -0.2) is 0 Å². The lowest BCUT2D eigenvalue weighted by Gasteiger charge is -2.24. The summed E-state index contributed by atoms with van der Waals surface area (Å²) in [7, 11) is 0. The van der Waals surface area contributed by atoms with E-state index < -0.39 is 11.7 Å². The van der Waals surface area contributed by atoms with Gasteiger partial charge in [0.1, 0.15) is 0 Å². The van der Waals surface area contributed by atoms with Gasteiger partial charge in [0.05, 0.1) is 23.2 Å². The van der Waals surface area contributed by atoms with Crippen LogP contribution in [-0.4, -0.2) is 47.4 Å². The maximum Gasteiger partial charge on any atom is 0.299 e. The smallest absolute Gasteiger partial charge is 0.299 e. The normalized spacial score (nSPS) is 22.6. The van der Waals surface area contributed by atoms with Crippen LogP contribution in [0.25, 0.3) is 0 Å². The Morgan fingerprint density at radius 1 is 0.759 bits per heavy atom. The summed E-state index contributed by atoms with van der Waals surface area (Å²) in [6.45, 7) is 1.14. The first-order valence-corrected chi connectivity index (χ1v) is 10.2. The molecule has 29 heavy (non-hydrogen) atoms. The standard InChI is InChI=1S/C23H24N2O4/c26-20-16-10-4-6-12-18(16)24(22(20)28)14-8-2-1-3-9-15-25-19-13-7-5-11-17(19)21(27)23(25)29/h4-7,10-13,16,18H,1-3,8-9,14-15H2. The zero-order valence-corrected chi connectivity index (χ0v) is 16.3. The number of carbonyl (C=O) groups excluding carboxylic acids is 4. The fourth-order valence-electron chi connectivity index (χ4n) is 4.36. The summed E-state index contributed by atoms with van der Waals surface area (Å²) in [5.74, 6) is -1.85. The molecular weight excluding hydrogens is 368 g/mol. The second kappa shape index (κ2) is 8.15. The van der Waals surface area contributed by atoms with Gasteiger partial charge in [0.25, 0.3) is 17.6 Å². The lowest BCUT2D eigenvalue weighted by atomic mass is 9.95. The van der Waals surface area contributed by atoms with Gasteiger partial charge < -0.3 is 9.80 Å². The quantitative estimate of drug-likeness (QED) is 0.504. The Bertz CT molecular complexity index is 917. The van der Waals surface area contributed by atoms with Gasteiger partial charge in [-0.3, -0.25) is 19.2 Å². The molecular formula is C23H24N2O4. The minimum Gasteiger partial charge on any atom is -0.329 e. The third-order valence-electron chi connectivity index (χ3n) is 5.90. The van der Waals surface area contributed by atoms with Gasteiger partial charge in [0, 0.05) is 13.1 Å². The minimum atomic E-state index is -0.437. The van der Waals surface area contributed by atoms with E-state index in [9.17, 15) is 19.2 Å². The molecule has 2 amide bonds. The molecule has 1 aromatic carbocycles. The minimum absolute atomic E-state index is 0.126. The number of fused-ring (bicyclic) bond motifs is 2. The molecule has 2 unspecified atom stereocenters. The van der Waals surface area contributed by atoms with Crippen LogP contribution in [0.5, 0.6) is 0 Å². The largest absolute Gasteiger partial charge is 0.329 e. The molecule has 0 bridgehead atoms. The van der Waals surface area contributed by atoms with Gasteiger partial charge in [0.2, 0.25) is 5.78 Å². The van der Waals surface area contributed by atoms with Crippen LogP contribution in [0.1, 0.15) is 42.5 Å². The number of unbranched alkanes of at least 4 members (excludes halogenated alkanes) is 4. The lowest BCUT2D eigenvalue weighted by Crippen LogP contribution is -2.35. The average molecular weight is 392 g/mol. The summed E-state index contributed by atoms with van der Waals surface area (Å²) in [5.41, 5.74) is 1.20. The van der Waals surface area contributed by atoms with E-state index in [0.717, 1.165) is 32.1 Å². The molecule has 0 saturated carbocycles. The molecule has 150 valence electrons. The fraction of sp³-hybridized carbons (Fsp3) is 0.391. The first kappa shape index (κ1) is 19.3. The van der Waals surface area contributed by atoms with Gasteiger partial charge >= 0.3 is 0 Å². The maximum atomic E-state index is 12.2. The second-order valence-electron chi connectivity index (χ2n) is 7.72. The number of amides is 2. The molecule has 2 atom stereocenters. The molecule has 0 aromatic heterocycles. The zero-order chi connectivity index (χ0) is 20.4. The highest BCUT2D eigenvalue weighted by atomic mass is 16.2. The first-order chi connectivity index (χ1) is 14.1. The lowest BCUT2D eigenvalue weighted by molar-refractivity contribution is -0.140. The molecule has 2 heterocycles. The Morgan fingerprint density at radius 3 is 2.28 bits per heavy atom. The van der Waals surface area contributed by atoms with E-state index in [1.807, 2.05) is 36.4 Å². The number of hydrogen-bond donors (Lipinski definition) is 0. The molecule has 1 fully saturated rings. The second-order valence-corrected chi connectivity index (χ2v) is 7.72. The summed E-state index contributed by atoms with van der Waals surface area (Å²) in [6.07, 6.45) is 12.0. The van der Waals surface area contributed by atoms with E-state index in [4.69, 9.17) is 0 Å². The number of rotatable bonds is 8. The predicted molar refractivity (Wildman–Crippen MR) is 108 cm³/mol. The van der Waals surface area contributed by atoms with Crippen LogP contribution in [0.4, 0.5) is 5.69 Å². The third kappa shape index (κ3) is 3.55. The molecule has 0 radical (unpaired) electrons. The number of likely N-dealkylation sites (tertiary alicyclic amines) is 1. The number of carbonyl (C=O) groups is 4. The zero-order valence-electron chi connectivity index (χ0n) is 16.3. The van der Waals surface area contributed by atoms with Gasteiger partial charge in [-0.15, -0.1) is 0 Å². The average Bonchev–Trinajstić information content (AvgIpc) is 3.13. The highest BCUT2D eigenvalue weighted by Gasteiger charge is 2.44. The molecule has 2 aliphatic heterocycles. The van der Waals surface area contributed by atoms with Crippen molar-refractivity contribution in [1.29, 1.82) is 0 Å². The molecule has 4 rings (SSSR count). The first-order valence-electron chi connectivity index (χ1n) is 10.2. The number of Topliss-reactive ketones (excluding diaryl/α,β-unsaturated/α-hetero) is 2. The van der Waals surface area contributed by atoms with Crippen molar-refractivity contribution in [2.45, 2.75) is 38.1 Å². The van der Waals surface area contributed by atoms with Crippen molar-refractivity contribution in [2.75, 3.05) is 18.0 Å². The van der Waals surface area contributed by atoms with Crippen molar-refractivity contribution >= 4 is 29.1 Å². The fourth-order valence-corrected chi connectivity index (χ4v) is 4.36. The molecule has 3 aliphatic rings. The number of para-hydroxylation sites is 1. The van der Waals surface area contributed by atoms with Crippen LogP contribution in [0.2, 0.25) is 0 Å². The van der Waals surface area contributed by atoms with E-state index >= 15 is 0 Å². The van der Waals surface area contributed by atoms with Crippen LogP contribution in [0.3, 0.4) is 0 Å². The van der Waals surface area contributed by atoms with Crippen molar-refractivity contribution in [3.8, 4) is 0 Å². The van der Waals surface area contributed by atoms with Gasteiger partial charge in [-0.2, -0.15) is 0 Å². The Hall–Kier alpha value is -3.02. The Morgan fingerprint density at radius 2 is 1.45 bits per heavy atom. The molecule has 6 heteroatoms. The Balaban J connectivity index is 1.18. The summed E-state index contributed by atoms with van der Waals surface area (Å²) in [6, 6.07) is 6.99. The highest BCUT2D eigenvalue weighted by Crippen LogP contribution is 2.29. The van der Waals surface area contributed by atoms with E-state index in [2.05, 4.69) is 0 Å². The van der Waals surface area contributed by atoms with E-state index in [0.29, 0.717) is 24.3 Å². The van der Waals surface area contributed by atoms with Gasteiger partial charge in [-0.1, -0.05) is 55.7 Å². The van der Waals surface area contributed by atoms with E-state index in [1.165, 1.54) is 0 Å². The van der Waals surface area contributed by atoms with E-state index in [1.54, 1.807) is 21.9 Å². The number of ketones is 2. The van der Waals surface area contributed by atoms with Crippen LogP contribution in [0.15, 0.2) is 48.6 Å². The number of allylic oxidation sites excluding steroid dienone is 2. The van der Waals surface area contributed by atoms with Crippen molar-refractivity contribution in [1.82, 2.24) is 4.90 Å². The molecule has 1 aliphatic carbocycles. The van der Waals surface area contributed by atoms with E-state index in [-0.39, 0.29) is 23.7 Å². The number of anilines is 1. The molecule has 0 N–H and O–H groups in total. The number of nitrogens with zero attached hydrogens (tertiary/aromatic N) is 2. The topological polar surface area (TPSA) is 74.8 Å².